The molecule has 1 atom stereocenters. The molecular formula is C26H29FN2. The average molecular weight is 389 g/mol. The van der Waals surface area contributed by atoms with Gasteiger partial charge < -0.3 is 10.6 Å². The number of nitrogens with two attached hydrogens (primary N) is 1. The predicted molar refractivity (Wildman–Crippen MR) is 120 cm³/mol. The average Bonchev–Trinajstić information content (AvgIpc) is 2.71. The van der Waals surface area contributed by atoms with E-state index >= 15 is 0 Å². The van der Waals surface area contributed by atoms with Gasteiger partial charge in [0.1, 0.15) is 5.82 Å². The van der Waals surface area contributed by atoms with Crippen LogP contribution < -0.4 is 10.6 Å². The highest BCUT2D eigenvalue weighted by Gasteiger charge is 2.32. The van der Waals surface area contributed by atoms with Gasteiger partial charge in [0.05, 0.1) is 0 Å². The van der Waals surface area contributed by atoms with Gasteiger partial charge in [-0.05, 0) is 70.8 Å². The molecule has 0 saturated heterocycles. The van der Waals surface area contributed by atoms with E-state index in [-0.39, 0.29) is 17.3 Å². The van der Waals surface area contributed by atoms with Crippen LogP contribution >= 0.6 is 0 Å². The molecule has 150 valence electrons. The number of anilines is 1. The van der Waals surface area contributed by atoms with E-state index in [0.717, 1.165) is 36.2 Å². The molecule has 0 saturated carbocycles. The van der Waals surface area contributed by atoms with Crippen molar-refractivity contribution in [2.75, 3.05) is 11.4 Å². The van der Waals surface area contributed by atoms with E-state index in [0.29, 0.717) is 0 Å². The molecule has 0 fully saturated rings. The molecule has 0 aromatic heterocycles. The molecule has 0 amide bonds. The third-order valence-electron chi connectivity index (χ3n) is 6.11. The maximum atomic E-state index is 13.5. The second-order valence-corrected chi connectivity index (χ2v) is 8.79. The number of nitrogens with zero attached hydrogens (tertiary/aromatic N) is 1. The summed E-state index contributed by atoms with van der Waals surface area (Å²) in [7, 11) is 0. The summed E-state index contributed by atoms with van der Waals surface area (Å²) in [6.45, 7) is 8.54. The molecule has 29 heavy (non-hydrogen) atoms. The molecule has 2 nitrogen and oxygen atoms in total. The Hall–Kier alpha value is -2.65. The smallest absolute Gasteiger partial charge is 0.123 e. The van der Waals surface area contributed by atoms with E-state index in [2.05, 4.69) is 61.2 Å². The lowest BCUT2D eigenvalue weighted by Gasteiger charge is -2.41. The highest BCUT2D eigenvalue weighted by atomic mass is 19.1. The second kappa shape index (κ2) is 7.64. The number of rotatable bonds is 4. The van der Waals surface area contributed by atoms with Crippen molar-refractivity contribution < 1.29 is 4.39 Å². The maximum absolute atomic E-state index is 13.5. The summed E-state index contributed by atoms with van der Waals surface area (Å²) in [5, 5.41) is 0. The summed E-state index contributed by atoms with van der Waals surface area (Å²) in [4.78, 5) is 2.47. The third-order valence-corrected chi connectivity index (χ3v) is 6.11. The lowest BCUT2D eigenvalue weighted by atomic mass is 9.75. The first-order valence-corrected chi connectivity index (χ1v) is 10.3. The number of benzene rings is 3. The fourth-order valence-electron chi connectivity index (χ4n) is 4.30. The van der Waals surface area contributed by atoms with Crippen LogP contribution in [0.3, 0.4) is 0 Å². The summed E-state index contributed by atoms with van der Waals surface area (Å²) in [5.41, 5.74) is 13.6. The minimum Gasteiger partial charge on any atom is -0.367 e. The first kappa shape index (κ1) is 19.7. The van der Waals surface area contributed by atoms with Crippen LogP contribution in [-0.4, -0.2) is 6.54 Å². The minimum absolute atomic E-state index is 0.0771. The van der Waals surface area contributed by atoms with Crippen molar-refractivity contribution in [3.05, 3.63) is 89.2 Å². The number of hydrogen-bond donors (Lipinski definition) is 1. The first-order chi connectivity index (χ1) is 13.8. The number of hydrogen-bond acceptors (Lipinski definition) is 2. The topological polar surface area (TPSA) is 29.3 Å². The zero-order valence-electron chi connectivity index (χ0n) is 17.5. The summed E-state index contributed by atoms with van der Waals surface area (Å²) in [6, 6.07) is 21.8. The highest BCUT2D eigenvalue weighted by molar-refractivity contribution is 5.75. The van der Waals surface area contributed by atoms with Crippen LogP contribution in [0, 0.1) is 5.82 Å². The van der Waals surface area contributed by atoms with Crippen molar-refractivity contribution in [3.8, 4) is 11.1 Å². The standard InChI is InChI=1S/C26H29FN2/c1-18(28)22-16-25-24(15-23(22)20-9-11-21(27)12-10-20)26(2,3)13-14-29(25)17-19-7-5-4-6-8-19/h4-12,15-16,18H,13-14,17,28H2,1-3H3. The Balaban J connectivity index is 1.84. The molecule has 1 heterocycles. The van der Waals surface area contributed by atoms with Gasteiger partial charge in [-0.25, -0.2) is 4.39 Å². The van der Waals surface area contributed by atoms with Gasteiger partial charge in [-0.3, -0.25) is 0 Å². The van der Waals surface area contributed by atoms with E-state index in [4.69, 9.17) is 5.73 Å². The maximum Gasteiger partial charge on any atom is 0.123 e. The van der Waals surface area contributed by atoms with Gasteiger partial charge in [-0.15, -0.1) is 0 Å². The van der Waals surface area contributed by atoms with Gasteiger partial charge in [-0.2, -0.15) is 0 Å². The van der Waals surface area contributed by atoms with E-state index in [1.807, 2.05) is 19.1 Å². The SMILES string of the molecule is CC(N)c1cc2c(cc1-c1ccc(F)cc1)C(C)(C)CCN2Cc1ccccc1. The van der Waals surface area contributed by atoms with Crippen molar-refractivity contribution in [1.82, 2.24) is 0 Å². The Bertz CT molecular complexity index is 991. The van der Waals surface area contributed by atoms with Crippen molar-refractivity contribution in [2.45, 2.75) is 45.2 Å². The van der Waals surface area contributed by atoms with Gasteiger partial charge in [-0.1, -0.05) is 56.3 Å². The largest absolute Gasteiger partial charge is 0.367 e. The predicted octanol–water partition coefficient (Wildman–Crippen LogP) is 6.20. The van der Waals surface area contributed by atoms with Crippen molar-refractivity contribution in [3.63, 3.8) is 0 Å². The molecule has 0 radical (unpaired) electrons. The summed E-state index contributed by atoms with van der Waals surface area (Å²) < 4.78 is 13.5. The molecule has 3 heteroatoms. The van der Waals surface area contributed by atoms with Gasteiger partial charge in [0, 0.05) is 24.8 Å². The zero-order valence-corrected chi connectivity index (χ0v) is 17.5. The van der Waals surface area contributed by atoms with Crippen LogP contribution in [-0.2, 0) is 12.0 Å². The van der Waals surface area contributed by atoms with E-state index in [1.54, 1.807) is 0 Å². The third kappa shape index (κ3) is 3.92. The second-order valence-electron chi connectivity index (χ2n) is 8.79. The lowest BCUT2D eigenvalue weighted by molar-refractivity contribution is 0.452. The van der Waals surface area contributed by atoms with E-state index in [1.165, 1.54) is 28.9 Å². The molecule has 2 N–H and O–H groups in total. The Morgan fingerprint density at radius 1 is 1.03 bits per heavy atom. The molecule has 1 unspecified atom stereocenters. The van der Waals surface area contributed by atoms with E-state index < -0.39 is 0 Å². The molecule has 0 bridgehead atoms. The fraction of sp³-hybridized carbons (Fsp3) is 0.308. The summed E-state index contributed by atoms with van der Waals surface area (Å²) in [5.74, 6) is -0.219. The molecular weight excluding hydrogens is 359 g/mol. The Labute approximate surface area is 173 Å². The van der Waals surface area contributed by atoms with Crippen molar-refractivity contribution in [2.24, 2.45) is 5.73 Å². The normalized spacial score (nSPS) is 16.4. The van der Waals surface area contributed by atoms with Gasteiger partial charge in [0.2, 0.25) is 0 Å². The zero-order chi connectivity index (χ0) is 20.6. The number of halogens is 1. The van der Waals surface area contributed by atoms with Gasteiger partial charge in [0.15, 0.2) is 0 Å². The molecule has 1 aliphatic rings. The van der Waals surface area contributed by atoms with Gasteiger partial charge >= 0.3 is 0 Å². The van der Waals surface area contributed by atoms with E-state index in [9.17, 15) is 4.39 Å². The summed E-state index contributed by atoms with van der Waals surface area (Å²) in [6.07, 6.45) is 1.09. The fourth-order valence-corrected chi connectivity index (χ4v) is 4.30. The van der Waals surface area contributed by atoms with Crippen LogP contribution in [0.15, 0.2) is 66.7 Å². The van der Waals surface area contributed by atoms with Crippen LogP contribution in [0.2, 0.25) is 0 Å². The molecule has 0 spiro atoms. The van der Waals surface area contributed by atoms with Crippen LogP contribution in [0.25, 0.3) is 11.1 Å². The Morgan fingerprint density at radius 2 is 1.72 bits per heavy atom. The number of fused-ring (bicyclic) bond motifs is 1. The van der Waals surface area contributed by atoms with Crippen LogP contribution in [0.5, 0.6) is 0 Å². The van der Waals surface area contributed by atoms with Crippen LogP contribution in [0.1, 0.15) is 49.9 Å². The molecule has 4 rings (SSSR count). The monoisotopic (exact) mass is 388 g/mol. The highest BCUT2D eigenvalue weighted by Crippen LogP contribution is 2.44. The quantitative estimate of drug-likeness (QED) is 0.576. The first-order valence-electron chi connectivity index (χ1n) is 10.3. The molecule has 0 aliphatic carbocycles. The van der Waals surface area contributed by atoms with Crippen LogP contribution in [0.4, 0.5) is 10.1 Å². The molecule has 3 aromatic rings. The Morgan fingerprint density at radius 3 is 2.38 bits per heavy atom. The Kier molecular flexibility index (Phi) is 5.18. The molecule has 1 aliphatic heterocycles. The van der Waals surface area contributed by atoms with Gasteiger partial charge in [0.25, 0.3) is 0 Å². The summed E-state index contributed by atoms with van der Waals surface area (Å²) >= 11 is 0. The van der Waals surface area contributed by atoms with Crippen molar-refractivity contribution >= 4 is 5.69 Å². The molecule has 3 aromatic carbocycles. The lowest BCUT2D eigenvalue weighted by Crippen LogP contribution is -2.37. The minimum atomic E-state index is -0.219. The van der Waals surface area contributed by atoms with Crippen molar-refractivity contribution in [1.29, 1.82) is 0 Å².